The minimum atomic E-state index is -4.42. The van der Waals surface area contributed by atoms with Crippen molar-refractivity contribution in [2.45, 2.75) is 12.6 Å². The molecule has 0 aliphatic carbocycles. The predicted molar refractivity (Wildman–Crippen MR) is 74.6 cm³/mol. The second-order valence-corrected chi connectivity index (χ2v) is 5.18. The zero-order chi connectivity index (χ0) is 15.3. The Morgan fingerprint density at radius 1 is 1.29 bits per heavy atom. The van der Waals surface area contributed by atoms with Crippen LogP contribution in [0.4, 0.5) is 19.0 Å². The van der Waals surface area contributed by atoms with Crippen LogP contribution in [0.5, 0.6) is 0 Å². The molecule has 1 fully saturated rings. The quantitative estimate of drug-likeness (QED) is 0.668. The van der Waals surface area contributed by atoms with Crippen LogP contribution in [0, 0.1) is 0 Å². The minimum absolute atomic E-state index is 0.150. The molecule has 1 aliphatic heterocycles. The van der Waals surface area contributed by atoms with E-state index in [1.54, 1.807) is 0 Å². The molecule has 1 N–H and O–H groups in total. The molecule has 1 aromatic rings. The number of halogens is 4. The van der Waals surface area contributed by atoms with Gasteiger partial charge in [0.1, 0.15) is 11.0 Å². The van der Waals surface area contributed by atoms with Gasteiger partial charge >= 0.3 is 6.18 Å². The van der Waals surface area contributed by atoms with Gasteiger partial charge in [0, 0.05) is 19.6 Å². The van der Waals surface area contributed by atoms with Crippen LogP contribution in [0.2, 0.25) is 5.15 Å². The van der Waals surface area contributed by atoms with E-state index in [0.717, 1.165) is 51.4 Å². The van der Waals surface area contributed by atoms with Crippen molar-refractivity contribution in [1.82, 2.24) is 9.88 Å². The van der Waals surface area contributed by atoms with Crippen molar-refractivity contribution >= 4 is 17.4 Å². The molecule has 0 amide bonds. The number of pyridine rings is 1. The Morgan fingerprint density at radius 2 is 2.00 bits per heavy atom. The summed E-state index contributed by atoms with van der Waals surface area (Å²) in [6.45, 7) is 4.68. The first-order valence-corrected chi connectivity index (χ1v) is 7.12. The van der Waals surface area contributed by atoms with Crippen LogP contribution < -0.4 is 5.32 Å². The minimum Gasteiger partial charge on any atom is -0.379 e. The summed E-state index contributed by atoms with van der Waals surface area (Å²) in [6.07, 6.45) is -3.60. The molecule has 21 heavy (non-hydrogen) atoms. The van der Waals surface area contributed by atoms with Crippen LogP contribution in [0.15, 0.2) is 12.1 Å². The molecule has 1 saturated heterocycles. The molecule has 2 rings (SSSR count). The fourth-order valence-corrected chi connectivity index (χ4v) is 2.30. The number of alkyl halides is 3. The summed E-state index contributed by atoms with van der Waals surface area (Å²) in [4.78, 5) is 6.11. The highest BCUT2D eigenvalue weighted by atomic mass is 35.5. The highest BCUT2D eigenvalue weighted by molar-refractivity contribution is 6.29. The first-order chi connectivity index (χ1) is 9.95. The molecule has 1 aliphatic rings. The highest BCUT2D eigenvalue weighted by Gasteiger charge is 2.31. The van der Waals surface area contributed by atoms with Gasteiger partial charge in [0.15, 0.2) is 0 Å². The number of nitrogens with one attached hydrogen (secondary N) is 1. The summed E-state index contributed by atoms with van der Waals surface area (Å²) < 4.78 is 43.2. The van der Waals surface area contributed by atoms with E-state index in [9.17, 15) is 13.2 Å². The van der Waals surface area contributed by atoms with Gasteiger partial charge in [-0.15, -0.1) is 0 Å². The maximum absolute atomic E-state index is 12.6. The molecule has 0 unspecified atom stereocenters. The summed E-state index contributed by atoms with van der Waals surface area (Å²) in [6, 6.07) is 1.79. The number of anilines is 1. The molecule has 0 aromatic carbocycles. The van der Waals surface area contributed by atoms with Gasteiger partial charge in [-0.2, -0.15) is 13.2 Å². The topological polar surface area (TPSA) is 37.4 Å². The molecule has 8 heteroatoms. The van der Waals surface area contributed by atoms with Crippen molar-refractivity contribution in [3.05, 3.63) is 22.8 Å². The van der Waals surface area contributed by atoms with E-state index in [-0.39, 0.29) is 11.0 Å². The van der Waals surface area contributed by atoms with Crippen LogP contribution in [-0.4, -0.2) is 49.3 Å². The molecule has 1 aromatic heterocycles. The molecule has 0 atom stereocenters. The van der Waals surface area contributed by atoms with Gasteiger partial charge in [0.05, 0.1) is 18.8 Å². The Bertz CT molecular complexity index is 464. The first-order valence-electron chi connectivity index (χ1n) is 6.74. The predicted octanol–water partition coefficient (Wildman–Crippen LogP) is 2.89. The summed E-state index contributed by atoms with van der Waals surface area (Å²) in [5.41, 5.74) is -0.793. The van der Waals surface area contributed by atoms with Crippen molar-refractivity contribution in [1.29, 1.82) is 0 Å². The van der Waals surface area contributed by atoms with Crippen LogP contribution in [0.25, 0.3) is 0 Å². The molecule has 118 valence electrons. The maximum Gasteiger partial charge on any atom is 0.416 e. The zero-order valence-electron chi connectivity index (χ0n) is 11.4. The Morgan fingerprint density at radius 3 is 2.67 bits per heavy atom. The third-order valence-electron chi connectivity index (χ3n) is 3.18. The smallest absolute Gasteiger partial charge is 0.379 e. The summed E-state index contributed by atoms with van der Waals surface area (Å²) in [5.74, 6) is 0.150. The lowest BCUT2D eigenvalue weighted by Crippen LogP contribution is -2.37. The van der Waals surface area contributed by atoms with Crippen molar-refractivity contribution in [3.63, 3.8) is 0 Å². The Kier molecular flexibility index (Phi) is 5.66. The molecular weight excluding hydrogens is 307 g/mol. The van der Waals surface area contributed by atoms with E-state index in [2.05, 4.69) is 15.2 Å². The highest BCUT2D eigenvalue weighted by Crippen LogP contribution is 2.31. The summed E-state index contributed by atoms with van der Waals surface area (Å²) >= 11 is 5.62. The Hall–Kier alpha value is -1.05. The Balaban J connectivity index is 1.81. The average molecular weight is 324 g/mol. The maximum atomic E-state index is 12.6. The fourth-order valence-electron chi connectivity index (χ4n) is 2.10. The van der Waals surface area contributed by atoms with Crippen LogP contribution in [0.1, 0.15) is 12.0 Å². The van der Waals surface area contributed by atoms with Gasteiger partial charge in [-0.05, 0) is 25.1 Å². The number of nitrogens with zero attached hydrogens (tertiary/aromatic N) is 2. The number of rotatable bonds is 5. The van der Waals surface area contributed by atoms with E-state index in [1.165, 1.54) is 0 Å². The lowest BCUT2D eigenvalue weighted by molar-refractivity contribution is -0.137. The summed E-state index contributed by atoms with van der Waals surface area (Å²) in [5, 5.41) is 2.72. The molecule has 0 radical (unpaired) electrons. The number of morpholine rings is 1. The van der Waals surface area contributed by atoms with Crippen molar-refractivity contribution in [3.8, 4) is 0 Å². The SMILES string of the molecule is FC(F)(F)c1cc(Cl)nc(NCCCN2CCOCC2)c1. The third-order valence-corrected chi connectivity index (χ3v) is 3.38. The van der Waals surface area contributed by atoms with Crippen molar-refractivity contribution in [2.24, 2.45) is 0 Å². The van der Waals surface area contributed by atoms with Gasteiger partial charge in [-0.3, -0.25) is 4.90 Å². The number of hydrogen-bond acceptors (Lipinski definition) is 4. The number of hydrogen-bond donors (Lipinski definition) is 1. The third kappa shape index (κ3) is 5.33. The van der Waals surface area contributed by atoms with Crippen molar-refractivity contribution in [2.75, 3.05) is 44.7 Å². The van der Waals surface area contributed by atoms with Gasteiger partial charge in [-0.25, -0.2) is 4.98 Å². The van der Waals surface area contributed by atoms with E-state index in [4.69, 9.17) is 16.3 Å². The first kappa shape index (κ1) is 16.3. The van der Waals surface area contributed by atoms with E-state index in [0.29, 0.717) is 6.54 Å². The largest absolute Gasteiger partial charge is 0.416 e. The molecule has 0 saturated carbocycles. The fraction of sp³-hybridized carbons (Fsp3) is 0.615. The van der Waals surface area contributed by atoms with Gasteiger partial charge in [0.25, 0.3) is 0 Å². The zero-order valence-corrected chi connectivity index (χ0v) is 12.2. The van der Waals surface area contributed by atoms with E-state index >= 15 is 0 Å². The number of ether oxygens (including phenoxy) is 1. The second-order valence-electron chi connectivity index (χ2n) is 4.80. The normalized spacial score (nSPS) is 17.0. The molecule has 0 spiro atoms. The van der Waals surface area contributed by atoms with Gasteiger partial charge in [0.2, 0.25) is 0 Å². The number of aromatic nitrogens is 1. The van der Waals surface area contributed by atoms with E-state index in [1.807, 2.05) is 0 Å². The van der Waals surface area contributed by atoms with Crippen LogP contribution >= 0.6 is 11.6 Å². The molecule has 0 bridgehead atoms. The lowest BCUT2D eigenvalue weighted by atomic mass is 10.2. The standard InChI is InChI=1S/C13H17ClF3N3O/c14-11-8-10(13(15,16)17)9-12(19-11)18-2-1-3-20-4-6-21-7-5-20/h8-9H,1-7H2,(H,18,19). The molecular formula is C13H17ClF3N3O. The van der Waals surface area contributed by atoms with Crippen molar-refractivity contribution < 1.29 is 17.9 Å². The second kappa shape index (κ2) is 7.29. The molecule has 2 heterocycles. The van der Waals surface area contributed by atoms with Crippen LogP contribution in [-0.2, 0) is 10.9 Å². The molecule has 4 nitrogen and oxygen atoms in total. The average Bonchev–Trinajstić information content (AvgIpc) is 2.43. The van der Waals surface area contributed by atoms with E-state index < -0.39 is 11.7 Å². The van der Waals surface area contributed by atoms with Gasteiger partial charge in [-0.1, -0.05) is 11.6 Å². The van der Waals surface area contributed by atoms with Crippen LogP contribution in [0.3, 0.4) is 0 Å². The Labute approximate surface area is 126 Å². The van der Waals surface area contributed by atoms with Gasteiger partial charge < -0.3 is 10.1 Å². The monoisotopic (exact) mass is 323 g/mol. The lowest BCUT2D eigenvalue weighted by Gasteiger charge is -2.26. The summed E-state index contributed by atoms with van der Waals surface area (Å²) in [7, 11) is 0.